The maximum absolute atomic E-state index is 13.4. The molecule has 28 heavy (non-hydrogen) atoms. The lowest BCUT2D eigenvalue weighted by atomic mass is 10.2. The van der Waals surface area contributed by atoms with Gasteiger partial charge in [-0.05, 0) is 36.8 Å². The molecule has 0 unspecified atom stereocenters. The molecule has 0 spiro atoms. The average molecular weight is 387 g/mol. The number of amides is 1. The van der Waals surface area contributed by atoms with Crippen molar-refractivity contribution in [3.63, 3.8) is 0 Å². The molecule has 1 amide bonds. The Hall–Kier alpha value is -3.29. The predicted molar refractivity (Wildman–Crippen MR) is 101 cm³/mol. The van der Waals surface area contributed by atoms with Crippen LogP contribution in [-0.2, 0) is 24.4 Å². The van der Waals surface area contributed by atoms with Crippen molar-refractivity contribution in [1.82, 2.24) is 14.0 Å². The van der Waals surface area contributed by atoms with Crippen LogP contribution in [0.4, 0.5) is 8.78 Å². The molecule has 0 bridgehead atoms. The van der Waals surface area contributed by atoms with Gasteiger partial charge in [-0.25, -0.2) is 13.6 Å². The molecule has 0 aliphatic heterocycles. The van der Waals surface area contributed by atoms with E-state index < -0.39 is 28.8 Å². The molecule has 0 fully saturated rings. The Morgan fingerprint density at radius 1 is 1.04 bits per heavy atom. The molecule has 0 radical (unpaired) electrons. The number of para-hydroxylation sites is 1. The highest BCUT2D eigenvalue weighted by atomic mass is 19.2. The summed E-state index contributed by atoms with van der Waals surface area (Å²) in [5, 5.41) is 0.347. The van der Waals surface area contributed by atoms with Gasteiger partial charge in [-0.15, -0.1) is 0 Å². The number of rotatable bonds is 5. The zero-order valence-corrected chi connectivity index (χ0v) is 15.5. The molecule has 3 aromatic rings. The third kappa shape index (κ3) is 3.58. The van der Waals surface area contributed by atoms with E-state index in [1.807, 2.05) is 0 Å². The van der Waals surface area contributed by atoms with Crippen molar-refractivity contribution >= 4 is 16.8 Å². The second-order valence-corrected chi connectivity index (χ2v) is 6.43. The van der Waals surface area contributed by atoms with Crippen LogP contribution in [0.5, 0.6) is 0 Å². The van der Waals surface area contributed by atoms with Gasteiger partial charge in [0.2, 0.25) is 5.91 Å². The number of aromatic nitrogens is 2. The fraction of sp³-hybridized carbons (Fsp3) is 0.250. The van der Waals surface area contributed by atoms with Crippen LogP contribution in [0.1, 0.15) is 12.5 Å². The van der Waals surface area contributed by atoms with Gasteiger partial charge in [-0.3, -0.25) is 18.7 Å². The highest BCUT2D eigenvalue weighted by Gasteiger charge is 2.17. The molecule has 1 heterocycles. The Labute approximate surface area is 159 Å². The number of hydrogen-bond donors (Lipinski definition) is 0. The van der Waals surface area contributed by atoms with Crippen molar-refractivity contribution in [2.24, 2.45) is 0 Å². The molecular weight excluding hydrogens is 368 g/mol. The molecule has 0 saturated heterocycles. The minimum atomic E-state index is -0.990. The maximum atomic E-state index is 13.4. The van der Waals surface area contributed by atoms with Crippen LogP contribution in [0.2, 0.25) is 0 Å². The van der Waals surface area contributed by atoms with E-state index in [0.29, 0.717) is 16.5 Å². The highest BCUT2D eigenvalue weighted by Crippen LogP contribution is 2.12. The highest BCUT2D eigenvalue weighted by molar-refractivity contribution is 5.81. The zero-order chi connectivity index (χ0) is 20.4. The number of halogens is 2. The molecule has 0 aliphatic carbocycles. The van der Waals surface area contributed by atoms with E-state index in [1.165, 1.54) is 22.6 Å². The van der Waals surface area contributed by atoms with Gasteiger partial charge >= 0.3 is 5.69 Å². The summed E-state index contributed by atoms with van der Waals surface area (Å²) in [6.45, 7) is 1.64. The summed E-state index contributed by atoms with van der Waals surface area (Å²) in [5.74, 6) is -2.36. The Kier molecular flexibility index (Phi) is 5.39. The fourth-order valence-electron chi connectivity index (χ4n) is 3.06. The first kappa shape index (κ1) is 19.5. The number of nitrogens with zero attached hydrogens (tertiary/aromatic N) is 3. The molecule has 146 valence electrons. The van der Waals surface area contributed by atoms with Gasteiger partial charge < -0.3 is 4.90 Å². The number of carbonyl (C=O) groups excluding carboxylic acids is 1. The number of fused-ring (bicyclic) bond motifs is 1. The summed E-state index contributed by atoms with van der Waals surface area (Å²) < 4.78 is 28.8. The Bertz CT molecular complexity index is 1170. The summed E-state index contributed by atoms with van der Waals surface area (Å²) in [5.41, 5.74) is -0.176. The van der Waals surface area contributed by atoms with Crippen LogP contribution in [-0.4, -0.2) is 27.0 Å². The minimum Gasteiger partial charge on any atom is -0.340 e. The first-order valence-electron chi connectivity index (χ1n) is 8.73. The predicted octanol–water partition coefficient (Wildman–Crippen LogP) is 2.12. The third-order valence-electron chi connectivity index (χ3n) is 4.57. The lowest BCUT2D eigenvalue weighted by molar-refractivity contribution is -0.131. The van der Waals surface area contributed by atoms with Crippen molar-refractivity contribution < 1.29 is 13.6 Å². The van der Waals surface area contributed by atoms with Crippen molar-refractivity contribution in [1.29, 1.82) is 0 Å². The molecule has 0 atom stereocenters. The van der Waals surface area contributed by atoms with E-state index in [2.05, 4.69) is 0 Å². The van der Waals surface area contributed by atoms with Gasteiger partial charge in [0, 0.05) is 20.1 Å². The molecule has 0 saturated carbocycles. The molecule has 0 N–H and O–H groups in total. The fourth-order valence-corrected chi connectivity index (χ4v) is 3.06. The lowest BCUT2D eigenvalue weighted by Gasteiger charge is -2.19. The molecule has 2 aromatic carbocycles. The van der Waals surface area contributed by atoms with E-state index >= 15 is 0 Å². The largest absolute Gasteiger partial charge is 0.340 e. The summed E-state index contributed by atoms with van der Waals surface area (Å²) in [7, 11) is 1.51. The molecule has 3 rings (SSSR count). The van der Waals surface area contributed by atoms with E-state index in [9.17, 15) is 23.2 Å². The number of benzene rings is 2. The number of likely N-dealkylation sites (N-methyl/N-ethyl adjacent to an activating group) is 1. The smallest absolute Gasteiger partial charge is 0.331 e. The first-order chi connectivity index (χ1) is 13.3. The van der Waals surface area contributed by atoms with Crippen molar-refractivity contribution in [3.8, 4) is 0 Å². The Balaban J connectivity index is 1.93. The zero-order valence-electron chi connectivity index (χ0n) is 15.5. The van der Waals surface area contributed by atoms with Gasteiger partial charge in [-0.1, -0.05) is 18.2 Å². The van der Waals surface area contributed by atoms with Gasteiger partial charge in [0.15, 0.2) is 11.6 Å². The van der Waals surface area contributed by atoms with Crippen LogP contribution >= 0.6 is 0 Å². The van der Waals surface area contributed by atoms with Crippen LogP contribution in [0.25, 0.3) is 10.9 Å². The molecule has 8 heteroatoms. The van der Waals surface area contributed by atoms with E-state index in [1.54, 1.807) is 31.2 Å². The molecule has 1 aromatic heterocycles. The van der Waals surface area contributed by atoms with Gasteiger partial charge in [-0.2, -0.15) is 0 Å². The third-order valence-corrected chi connectivity index (χ3v) is 4.57. The molecular formula is C20H19F2N3O3. The van der Waals surface area contributed by atoms with Crippen molar-refractivity contribution in [2.75, 3.05) is 7.05 Å². The van der Waals surface area contributed by atoms with Gasteiger partial charge in [0.25, 0.3) is 5.56 Å². The van der Waals surface area contributed by atoms with Crippen LogP contribution in [0, 0.1) is 11.6 Å². The summed E-state index contributed by atoms with van der Waals surface area (Å²) >= 11 is 0. The normalized spacial score (nSPS) is 11.0. The second-order valence-electron chi connectivity index (χ2n) is 6.43. The van der Waals surface area contributed by atoms with E-state index in [-0.39, 0.29) is 19.6 Å². The van der Waals surface area contributed by atoms with Crippen molar-refractivity contribution in [2.45, 2.75) is 26.6 Å². The van der Waals surface area contributed by atoms with E-state index in [4.69, 9.17) is 0 Å². The average Bonchev–Trinajstić information content (AvgIpc) is 2.68. The summed E-state index contributed by atoms with van der Waals surface area (Å²) in [4.78, 5) is 39.1. The van der Waals surface area contributed by atoms with Gasteiger partial charge in [0.05, 0.1) is 10.9 Å². The summed E-state index contributed by atoms with van der Waals surface area (Å²) in [6.07, 6.45) is 0. The Morgan fingerprint density at radius 2 is 1.75 bits per heavy atom. The first-order valence-corrected chi connectivity index (χ1v) is 8.73. The second kappa shape index (κ2) is 7.75. The minimum absolute atomic E-state index is 0.0517. The Morgan fingerprint density at radius 3 is 2.43 bits per heavy atom. The maximum Gasteiger partial charge on any atom is 0.331 e. The summed E-state index contributed by atoms with van der Waals surface area (Å²) in [6, 6.07) is 10.0. The van der Waals surface area contributed by atoms with Crippen LogP contribution in [0.15, 0.2) is 52.1 Å². The molecule has 0 aliphatic rings. The number of hydrogen-bond acceptors (Lipinski definition) is 3. The lowest BCUT2D eigenvalue weighted by Crippen LogP contribution is -2.42. The standard InChI is InChI=1S/C20H19F2N3O3/c1-3-24-19(27)14-6-4-5-7-17(14)25(20(24)28)12-18(26)23(2)11-13-8-9-15(21)16(22)10-13/h4-10H,3,11-12H2,1-2H3. The molecule has 6 nitrogen and oxygen atoms in total. The van der Waals surface area contributed by atoms with Crippen LogP contribution < -0.4 is 11.2 Å². The topological polar surface area (TPSA) is 64.3 Å². The van der Waals surface area contributed by atoms with Gasteiger partial charge in [0.1, 0.15) is 6.54 Å². The SMILES string of the molecule is CCn1c(=O)c2ccccc2n(CC(=O)N(C)Cc2ccc(F)c(F)c2)c1=O. The quantitative estimate of drug-likeness (QED) is 0.674. The monoisotopic (exact) mass is 387 g/mol. The van der Waals surface area contributed by atoms with E-state index in [0.717, 1.165) is 16.7 Å². The number of carbonyl (C=O) groups is 1. The van der Waals surface area contributed by atoms with Crippen molar-refractivity contribution in [3.05, 3.63) is 80.5 Å². The van der Waals surface area contributed by atoms with Crippen LogP contribution in [0.3, 0.4) is 0 Å².